The SMILES string of the molecule is C=C(C)CCC(C(=C)C(C)C)N(C=O)C(=O)c1c(C)cccc1OCC=O. The molecule has 1 aromatic carbocycles. The number of ether oxygens (including phenoxy) is 1. The van der Waals surface area contributed by atoms with Crippen LogP contribution in [0.25, 0.3) is 0 Å². The van der Waals surface area contributed by atoms with E-state index in [9.17, 15) is 14.4 Å². The van der Waals surface area contributed by atoms with Gasteiger partial charge in [0.2, 0.25) is 6.41 Å². The average Bonchev–Trinajstić information content (AvgIpc) is 2.62. The minimum Gasteiger partial charge on any atom is -0.485 e. The van der Waals surface area contributed by atoms with Crippen molar-refractivity contribution in [1.29, 1.82) is 0 Å². The molecule has 0 aliphatic rings. The maximum Gasteiger partial charge on any atom is 0.264 e. The van der Waals surface area contributed by atoms with Gasteiger partial charge in [-0.25, -0.2) is 0 Å². The van der Waals surface area contributed by atoms with E-state index in [0.29, 0.717) is 31.1 Å². The summed E-state index contributed by atoms with van der Waals surface area (Å²) in [6, 6.07) is 4.69. The lowest BCUT2D eigenvalue weighted by molar-refractivity contribution is -0.117. The number of benzene rings is 1. The molecule has 0 aliphatic heterocycles. The van der Waals surface area contributed by atoms with Crippen LogP contribution in [0.1, 0.15) is 49.5 Å². The van der Waals surface area contributed by atoms with Gasteiger partial charge < -0.3 is 4.74 Å². The van der Waals surface area contributed by atoms with E-state index in [0.717, 1.165) is 11.1 Å². The summed E-state index contributed by atoms with van der Waals surface area (Å²) >= 11 is 0. The smallest absolute Gasteiger partial charge is 0.264 e. The zero-order valence-corrected chi connectivity index (χ0v) is 16.7. The molecule has 0 radical (unpaired) electrons. The third-order valence-electron chi connectivity index (χ3n) is 4.45. The highest BCUT2D eigenvalue weighted by Crippen LogP contribution is 2.28. The van der Waals surface area contributed by atoms with Crippen LogP contribution < -0.4 is 4.74 Å². The van der Waals surface area contributed by atoms with Crippen molar-refractivity contribution in [2.45, 2.75) is 46.6 Å². The predicted octanol–water partition coefficient (Wildman–Crippen LogP) is 4.11. The first kappa shape index (κ1) is 22.4. The van der Waals surface area contributed by atoms with Gasteiger partial charge in [-0.15, -0.1) is 6.58 Å². The Kier molecular flexibility index (Phi) is 8.66. The van der Waals surface area contributed by atoms with Gasteiger partial charge in [0.15, 0.2) is 6.29 Å². The van der Waals surface area contributed by atoms with Crippen LogP contribution in [-0.2, 0) is 9.59 Å². The van der Waals surface area contributed by atoms with Gasteiger partial charge in [-0.3, -0.25) is 19.3 Å². The molecular weight excluding hydrogens is 342 g/mol. The number of aldehydes is 1. The third-order valence-corrected chi connectivity index (χ3v) is 4.45. The molecule has 5 nitrogen and oxygen atoms in total. The van der Waals surface area contributed by atoms with Crippen LogP contribution in [0.4, 0.5) is 0 Å². The molecule has 0 saturated carbocycles. The summed E-state index contributed by atoms with van der Waals surface area (Å²) in [6.07, 6.45) is 2.41. The molecule has 1 unspecified atom stereocenters. The van der Waals surface area contributed by atoms with Gasteiger partial charge in [0.25, 0.3) is 5.91 Å². The first-order valence-electron chi connectivity index (χ1n) is 9.01. The van der Waals surface area contributed by atoms with E-state index in [1.54, 1.807) is 25.1 Å². The van der Waals surface area contributed by atoms with Crippen LogP contribution in [0, 0.1) is 12.8 Å². The van der Waals surface area contributed by atoms with Gasteiger partial charge in [0.05, 0.1) is 11.6 Å². The first-order chi connectivity index (χ1) is 12.7. The summed E-state index contributed by atoms with van der Waals surface area (Å²) in [4.78, 5) is 37.0. The standard InChI is InChI=1S/C22H29NO4/c1-15(2)10-11-19(18(6)16(3)4)23(14-25)22(26)21-17(5)8-7-9-20(21)27-13-12-24/h7-9,12,14,16,19H,1,6,10-11,13H2,2-5H3. The zero-order valence-electron chi connectivity index (χ0n) is 16.7. The van der Waals surface area contributed by atoms with Crippen LogP contribution >= 0.6 is 0 Å². The number of carbonyl (C=O) groups excluding carboxylic acids is 3. The number of rotatable bonds is 11. The number of hydrogen-bond acceptors (Lipinski definition) is 4. The Morgan fingerprint density at radius 1 is 1.26 bits per heavy atom. The van der Waals surface area contributed by atoms with E-state index < -0.39 is 11.9 Å². The number of amides is 2. The van der Waals surface area contributed by atoms with E-state index in [1.165, 1.54) is 4.90 Å². The Morgan fingerprint density at radius 3 is 2.44 bits per heavy atom. The van der Waals surface area contributed by atoms with Gasteiger partial charge in [-0.1, -0.05) is 43.7 Å². The van der Waals surface area contributed by atoms with Crippen molar-refractivity contribution in [2.24, 2.45) is 5.92 Å². The third kappa shape index (κ3) is 5.91. The van der Waals surface area contributed by atoms with Crippen molar-refractivity contribution in [3.05, 3.63) is 53.6 Å². The van der Waals surface area contributed by atoms with Gasteiger partial charge in [0, 0.05) is 0 Å². The van der Waals surface area contributed by atoms with Crippen molar-refractivity contribution in [1.82, 2.24) is 4.90 Å². The second-order valence-corrected chi connectivity index (χ2v) is 6.98. The van der Waals surface area contributed by atoms with Crippen LogP contribution in [-0.4, -0.2) is 36.2 Å². The Balaban J connectivity index is 3.33. The maximum absolute atomic E-state index is 13.3. The van der Waals surface area contributed by atoms with Crippen molar-refractivity contribution < 1.29 is 19.1 Å². The van der Waals surface area contributed by atoms with Gasteiger partial charge >= 0.3 is 0 Å². The molecule has 1 aromatic rings. The second kappa shape index (κ2) is 10.5. The van der Waals surface area contributed by atoms with E-state index in [1.807, 2.05) is 20.8 Å². The zero-order chi connectivity index (χ0) is 20.6. The van der Waals surface area contributed by atoms with Crippen molar-refractivity contribution in [3.63, 3.8) is 0 Å². The molecule has 1 atom stereocenters. The van der Waals surface area contributed by atoms with Crippen LogP contribution in [0.15, 0.2) is 42.5 Å². The summed E-state index contributed by atoms with van der Waals surface area (Å²) in [5.41, 5.74) is 2.73. The lowest BCUT2D eigenvalue weighted by atomic mass is 9.91. The van der Waals surface area contributed by atoms with E-state index in [2.05, 4.69) is 13.2 Å². The Bertz CT molecular complexity index is 721. The molecule has 1 rings (SSSR count). The summed E-state index contributed by atoms with van der Waals surface area (Å²) in [6.45, 7) is 15.5. The quantitative estimate of drug-likeness (QED) is 0.434. The fourth-order valence-corrected chi connectivity index (χ4v) is 2.82. The van der Waals surface area contributed by atoms with E-state index >= 15 is 0 Å². The fraction of sp³-hybridized carbons (Fsp3) is 0.409. The van der Waals surface area contributed by atoms with Crippen molar-refractivity contribution >= 4 is 18.6 Å². The highest BCUT2D eigenvalue weighted by atomic mass is 16.5. The molecule has 146 valence electrons. The topological polar surface area (TPSA) is 63.7 Å². The number of imide groups is 1. The monoisotopic (exact) mass is 371 g/mol. The fourth-order valence-electron chi connectivity index (χ4n) is 2.82. The molecule has 0 aromatic heterocycles. The summed E-state index contributed by atoms with van der Waals surface area (Å²) in [7, 11) is 0. The molecule has 0 heterocycles. The van der Waals surface area contributed by atoms with Gasteiger partial charge in [-0.2, -0.15) is 0 Å². The number of hydrogen-bond donors (Lipinski definition) is 0. The lowest BCUT2D eigenvalue weighted by Crippen LogP contribution is -2.41. The normalized spacial score (nSPS) is 11.6. The largest absolute Gasteiger partial charge is 0.485 e. The Morgan fingerprint density at radius 2 is 1.93 bits per heavy atom. The molecular formula is C22H29NO4. The minimum absolute atomic E-state index is 0.109. The maximum atomic E-state index is 13.3. The summed E-state index contributed by atoms with van der Waals surface area (Å²) in [5.74, 6) is -0.0664. The molecule has 0 aliphatic carbocycles. The molecule has 0 N–H and O–H groups in total. The summed E-state index contributed by atoms with van der Waals surface area (Å²) < 4.78 is 5.40. The number of allylic oxidation sites excluding steroid dienone is 1. The Hall–Kier alpha value is -2.69. The number of nitrogens with zero attached hydrogens (tertiary/aromatic N) is 1. The van der Waals surface area contributed by atoms with Crippen LogP contribution in [0.3, 0.4) is 0 Å². The van der Waals surface area contributed by atoms with Crippen LogP contribution in [0.5, 0.6) is 5.75 Å². The van der Waals surface area contributed by atoms with Crippen molar-refractivity contribution in [3.8, 4) is 5.75 Å². The average molecular weight is 371 g/mol. The predicted molar refractivity (Wildman–Crippen MR) is 107 cm³/mol. The highest BCUT2D eigenvalue weighted by Gasteiger charge is 2.30. The number of aryl methyl sites for hydroxylation is 1. The van der Waals surface area contributed by atoms with Crippen molar-refractivity contribution in [2.75, 3.05) is 6.61 Å². The molecule has 2 amide bonds. The molecule has 5 heteroatoms. The molecule has 27 heavy (non-hydrogen) atoms. The Labute approximate surface area is 161 Å². The highest BCUT2D eigenvalue weighted by molar-refractivity contribution is 6.03. The molecule has 0 bridgehead atoms. The first-order valence-corrected chi connectivity index (χ1v) is 9.01. The molecule has 0 fully saturated rings. The lowest BCUT2D eigenvalue weighted by Gasteiger charge is -2.31. The summed E-state index contributed by atoms with van der Waals surface area (Å²) in [5, 5.41) is 0. The molecule has 0 spiro atoms. The van der Waals surface area contributed by atoms with Gasteiger partial charge in [0.1, 0.15) is 12.4 Å². The minimum atomic E-state index is -0.461. The second-order valence-electron chi connectivity index (χ2n) is 6.98. The van der Waals surface area contributed by atoms with E-state index in [4.69, 9.17) is 4.74 Å². The van der Waals surface area contributed by atoms with Crippen LogP contribution in [0.2, 0.25) is 0 Å². The number of carbonyl (C=O) groups is 3. The van der Waals surface area contributed by atoms with Gasteiger partial charge in [-0.05, 0) is 44.2 Å². The van der Waals surface area contributed by atoms with E-state index in [-0.39, 0.29) is 23.8 Å². The molecule has 0 saturated heterocycles.